The first-order chi connectivity index (χ1) is 7.66. The molecule has 0 aliphatic carbocycles. The van der Waals surface area contributed by atoms with E-state index in [-0.39, 0.29) is 25.4 Å². The van der Waals surface area contributed by atoms with E-state index in [1.54, 1.807) is 0 Å². The van der Waals surface area contributed by atoms with Gasteiger partial charge < -0.3 is 14.6 Å². The SMILES string of the molecule is CCCCOCCOC(=O)CCCC(=O)O. The lowest BCUT2D eigenvalue weighted by Gasteiger charge is -2.05. The van der Waals surface area contributed by atoms with E-state index in [2.05, 4.69) is 6.92 Å². The molecule has 0 radical (unpaired) electrons. The summed E-state index contributed by atoms with van der Waals surface area (Å²) in [7, 11) is 0. The molecule has 0 unspecified atom stereocenters. The lowest BCUT2D eigenvalue weighted by atomic mass is 10.2. The molecule has 5 heteroatoms. The number of aliphatic carboxylic acids is 1. The minimum absolute atomic E-state index is 0.00208. The van der Waals surface area contributed by atoms with Crippen molar-refractivity contribution in [1.29, 1.82) is 0 Å². The van der Waals surface area contributed by atoms with E-state index in [0.29, 0.717) is 19.6 Å². The molecule has 0 atom stereocenters. The Morgan fingerprint density at radius 2 is 1.81 bits per heavy atom. The fraction of sp³-hybridized carbons (Fsp3) is 0.818. The van der Waals surface area contributed by atoms with Gasteiger partial charge in [-0.05, 0) is 12.8 Å². The van der Waals surface area contributed by atoms with Crippen LogP contribution in [0.4, 0.5) is 0 Å². The number of carboxylic acid groups (broad SMARTS) is 1. The summed E-state index contributed by atoms with van der Waals surface area (Å²) in [5.74, 6) is -1.25. The standard InChI is InChI=1S/C11H20O5/c1-2-3-7-15-8-9-16-11(14)6-4-5-10(12)13/h2-9H2,1H3,(H,12,13). The summed E-state index contributed by atoms with van der Waals surface area (Å²) in [5.41, 5.74) is 0. The van der Waals surface area contributed by atoms with Gasteiger partial charge in [0.2, 0.25) is 0 Å². The Bertz CT molecular complexity index is 203. The monoisotopic (exact) mass is 232 g/mol. The van der Waals surface area contributed by atoms with Gasteiger partial charge in [0.25, 0.3) is 0 Å². The molecule has 1 N–H and O–H groups in total. The van der Waals surface area contributed by atoms with Crippen molar-refractivity contribution < 1.29 is 24.2 Å². The third-order valence-corrected chi connectivity index (χ3v) is 1.90. The molecular formula is C11H20O5. The lowest BCUT2D eigenvalue weighted by Crippen LogP contribution is -2.11. The van der Waals surface area contributed by atoms with Crippen molar-refractivity contribution in [3.63, 3.8) is 0 Å². The smallest absolute Gasteiger partial charge is 0.305 e. The summed E-state index contributed by atoms with van der Waals surface area (Å²) in [6.07, 6.45) is 2.57. The van der Waals surface area contributed by atoms with Crippen LogP contribution in [0.15, 0.2) is 0 Å². The van der Waals surface area contributed by atoms with Crippen molar-refractivity contribution in [2.45, 2.75) is 39.0 Å². The molecule has 94 valence electrons. The Hall–Kier alpha value is -1.10. The van der Waals surface area contributed by atoms with Crippen LogP contribution < -0.4 is 0 Å². The highest BCUT2D eigenvalue weighted by atomic mass is 16.6. The quantitative estimate of drug-likeness (QED) is 0.457. The molecule has 0 saturated carbocycles. The molecule has 5 nitrogen and oxygen atoms in total. The topological polar surface area (TPSA) is 72.8 Å². The van der Waals surface area contributed by atoms with Crippen molar-refractivity contribution in [3.05, 3.63) is 0 Å². The summed E-state index contributed by atoms with van der Waals surface area (Å²) >= 11 is 0. The molecule has 0 aromatic heterocycles. The summed E-state index contributed by atoms with van der Waals surface area (Å²) < 4.78 is 10.0. The molecule has 0 aromatic carbocycles. The third kappa shape index (κ3) is 11.0. The van der Waals surface area contributed by atoms with Gasteiger partial charge in [-0.3, -0.25) is 9.59 Å². The number of carbonyl (C=O) groups excluding carboxylic acids is 1. The van der Waals surface area contributed by atoms with Crippen molar-refractivity contribution in [2.75, 3.05) is 19.8 Å². The number of esters is 1. The largest absolute Gasteiger partial charge is 0.481 e. The Balaban J connectivity index is 3.20. The van der Waals surface area contributed by atoms with Gasteiger partial charge in [0.1, 0.15) is 6.61 Å². The summed E-state index contributed by atoms with van der Waals surface area (Å²) in [5, 5.41) is 8.35. The maximum atomic E-state index is 11.0. The number of carboxylic acids is 1. The van der Waals surface area contributed by atoms with Crippen molar-refractivity contribution >= 4 is 11.9 Å². The van der Waals surface area contributed by atoms with Gasteiger partial charge in [0.15, 0.2) is 0 Å². The van der Waals surface area contributed by atoms with Gasteiger partial charge in [-0.25, -0.2) is 0 Å². The number of carbonyl (C=O) groups is 2. The van der Waals surface area contributed by atoms with Gasteiger partial charge in [-0.2, -0.15) is 0 Å². The molecule has 0 bridgehead atoms. The fourth-order valence-electron chi connectivity index (χ4n) is 1.02. The minimum Gasteiger partial charge on any atom is -0.481 e. The summed E-state index contributed by atoms with van der Waals surface area (Å²) in [6.45, 7) is 3.42. The van der Waals surface area contributed by atoms with Crippen LogP contribution in [0.25, 0.3) is 0 Å². The zero-order valence-corrected chi connectivity index (χ0v) is 9.74. The Morgan fingerprint density at radius 1 is 1.06 bits per heavy atom. The van der Waals surface area contributed by atoms with Crippen molar-refractivity contribution in [1.82, 2.24) is 0 Å². The maximum absolute atomic E-state index is 11.0. The van der Waals surface area contributed by atoms with Gasteiger partial charge in [0, 0.05) is 19.4 Å². The van der Waals surface area contributed by atoms with Crippen LogP contribution in [-0.2, 0) is 19.1 Å². The van der Waals surface area contributed by atoms with Gasteiger partial charge >= 0.3 is 11.9 Å². The van der Waals surface area contributed by atoms with E-state index in [1.165, 1.54) is 0 Å². The van der Waals surface area contributed by atoms with E-state index in [4.69, 9.17) is 14.6 Å². The molecule has 0 rings (SSSR count). The van der Waals surface area contributed by atoms with Crippen LogP contribution in [0.5, 0.6) is 0 Å². The molecule has 0 aromatic rings. The molecule has 16 heavy (non-hydrogen) atoms. The first kappa shape index (κ1) is 14.9. The molecule has 0 fully saturated rings. The predicted octanol–water partition coefficient (Wildman–Crippen LogP) is 1.60. The minimum atomic E-state index is -0.893. The highest BCUT2D eigenvalue weighted by Crippen LogP contribution is 1.97. The third-order valence-electron chi connectivity index (χ3n) is 1.90. The summed E-state index contributed by atoms with van der Waals surface area (Å²) in [4.78, 5) is 21.2. The molecular weight excluding hydrogens is 212 g/mol. The first-order valence-corrected chi connectivity index (χ1v) is 5.62. The van der Waals surface area contributed by atoms with E-state index < -0.39 is 5.97 Å². The molecule has 0 spiro atoms. The van der Waals surface area contributed by atoms with Crippen LogP contribution in [-0.4, -0.2) is 36.9 Å². The number of rotatable bonds is 10. The predicted molar refractivity (Wildman–Crippen MR) is 58.2 cm³/mol. The number of ether oxygens (including phenoxy) is 2. The fourth-order valence-corrected chi connectivity index (χ4v) is 1.02. The van der Waals surface area contributed by atoms with Crippen LogP contribution in [0.2, 0.25) is 0 Å². The van der Waals surface area contributed by atoms with Crippen LogP contribution in [0.3, 0.4) is 0 Å². The summed E-state index contributed by atoms with van der Waals surface area (Å²) in [6, 6.07) is 0. The second kappa shape index (κ2) is 10.4. The van der Waals surface area contributed by atoms with Crippen LogP contribution in [0, 0.1) is 0 Å². The molecule has 0 amide bonds. The second-order valence-corrected chi connectivity index (χ2v) is 3.43. The average Bonchev–Trinajstić information content (AvgIpc) is 2.22. The van der Waals surface area contributed by atoms with Gasteiger partial charge in [0.05, 0.1) is 6.61 Å². The molecule has 0 heterocycles. The highest BCUT2D eigenvalue weighted by Gasteiger charge is 2.04. The Labute approximate surface area is 95.7 Å². The van der Waals surface area contributed by atoms with Gasteiger partial charge in [-0.15, -0.1) is 0 Å². The second-order valence-electron chi connectivity index (χ2n) is 3.43. The molecule has 0 saturated heterocycles. The maximum Gasteiger partial charge on any atom is 0.305 e. The van der Waals surface area contributed by atoms with Crippen LogP contribution >= 0.6 is 0 Å². The zero-order valence-electron chi connectivity index (χ0n) is 9.74. The van der Waals surface area contributed by atoms with E-state index in [9.17, 15) is 9.59 Å². The Morgan fingerprint density at radius 3 is 2.44 bits per heavy atom. The highest BCUT2D eigenvalue weighted by molar-refractivity contribution is 5.71. The number of hydrogen-bond donors (Lipinski definition) is 1. The van der Waals surface area contributed by atoms with Gasteiger partial charge in [-0.1, -0.05) is 13.3 Å². The average molecular weight is 232 g/mol. The van der Waals surface area contributed by atoms with Crippen LogP contribution in [0.1, 0.15) is 39.0 Å². The number of hydrogen-bond acceptors (Lipinski definition) is 4. The molecule has 0 aliphatic heterocycles. The molecule has 0 aliphatic rings. The lowest BCUT2D eigenvalue weighted by molar-refractivity contribution is -0.145. The van der Waals surface area contributed by atoms with Crippen molar-refractivity contribution in [3.8, 4) is 0 Å². The van der Waals surface area contributed by atoms with E-state index in [0.717, 1.165) is 12.8 Å². The van der Waals surface area contributed by atoms with E-state index in [1.807, 2.05) is 0 Å². The normalized spacial score (nSPS) is 10.1. The Kier molecular flexibility index (Phi) is 9.70. The van der Waals surface area contributed by atoms with E-state index >= 15 is 0 Å². The first-order valence-electron chi connectivity index (χ1n) is 5.62. The zero-order chi connectivity index (χ0) is 12.2. The number of unbranched alkanes of at least 4 members (excludes halogenated alkanes) is 1. The van der Waals surface area contributed by atoms with Crippen molar-refractivity contribution in [2.24, 2.45) is 0 Å².